The summed E-state index contributed by atoms with van der Waals surface area (Å²) in [5.74, 6) is 2.05. The number of halogens is 1. The molecule has 0 amide bonds. The van der Waals surface area contributed by atoms with Crippen molar-refractivity contribution >= 4 is 23.2 Å². The highest BCUT2D eigenvalue weighted by Crippen LogP contribution is 2.58. The first-order valence-electron chi connectivity index (χ1n) is 9.88. The van der Waals surface area contributed by atoms with E-state index in [1.807, 2.05) is 47.9 Å². The second-order valence-corrected chi connectivity index (χ2v) is 8.70. The van der Waals surface area contributed by atoms with E-state index in [0.717, 1.165) is 43.5 Å². The number of carbonyl (C=O) groups is 1. The molecule has 0 spiro atoms. The normalized spacial score (nSPS) is 25.5. The Labute approximate surface area is 173 Å². The van der Waals surface area contributed by atoms with Crippen LogP contribution >= 0.6 is 11.6 Å². The van der Waals surface area contributed by atoms with Gasteiger partial charge in [0.05, 0.1) is 0 Å². The molecule has 2 heterocycles. The van der Waals surface area contributed by atoms with Gasteiger partial charge in [-0.1, -0.05) is 17.7 Å². The number of pyridine rings is 1. The van der Waals surface area contributed by atoms with E-state index in [4.69, 9.17) is 21.1 Å². The Morgan fingerprint density at radius 1 is 1.10 bits per heavy atom. The van der Waals surface area contributed by atoms with Crippen molar-refractivity contribution in [3.05, 3.63) is 52.9 Å². The van der Waals surface area contributed by atoms with Crippen LogP contribution in [0, 0.1) is 6.92 Å². The van der Waals surface area contributed by atoms with Crippen molar-refractivity contribution < 1.29 is 14.3 Å². The molecule has 2 bridgehead atoms. The lowest BCUT2D eigenvalue weighted by atomic mass is 9.83. The fourth-order valence-corrected chi connectivity index (χ4v) is 5.22. The van der Waals surface area contributed by atoms with Crippen LogP contribution in [-0.4, -0.2) is 26.2 Å². The Balaban J connectivity index is 1.52. The average molecular weight is 412 g/mol. The van der Waals surface area contributed by atoms with E-state index in [1.54, 1.807) is 0 Å². The first-order chi connectivity index (χ1) is 13.9. The third kappa shape index (κ3) is 2.89. The molecule has 1 aromatic carbocycles. The van der Waals surface area contributed by atoms with Crippen LogP contribution in [0.5, 0.6) is 11.5 Å². The van der Waals surface area contributed by atoms with Crippen molar-refractivity contribution in [2.75, 3.05) is 0 Å². The summed E-state index contributed by atoms with van der Waals surface area (Å²) in [5.41, 5.74) is 1.10. The molecule has 2 saturated carbocycles. The highest BCUT2D eigenvalue weighted by atomic mass is 35.5. The predicted octanol–water partition coefficient (Wildman–Crippen LogP) is 5.00. The van der Waals surface area contributed by atoms with Gasteiger partial charge >= 0.3 is 5.97 Å². The minimum absolute atomic E-state index is 0.112. The number of benzene rings is 1. The molecular formula is C22H22ClN3O3. The molecule has 2 aromatic heterocycles. The van der Waals surface area contributed by atoms with Gasteiger partial charge in [0, 0.05) is 29.1 Å². The zero-order chi connectivity index (χ0) is 20.2. The zero-order valence-corrected chi connectivity index (χ0v) is 17.2. The zero-order valence-electron chi connectivity index (χ0n) is 16.4. The van der Waals surface area contributed by atoms with Crippen LogP contribution < -0.4 is 4.74 Å². The molecule has 6 nitrogen and oxygen atoms in total. The summed E-state index contributed by atoms with van der Waals surface area (Å²) in [4.78, 5) is 11.6. The van der Waals surface area contributed by atoms with E-state index >= 15 is 0 Å². The number of fused-ring (bicyclic) bond motifs is 3. The lowest BCUT2D eigenvalue weighted by Crippen LogP contribution is -2.28. The maximum atomic E-state index is 11.6. The average Bonchev–Trinajstić information content (AvgIpc) is 3.37. The Kier molecular flexibility index (Phi) is 4.10. The van der Waals surface area contributed by atoms with Crippen molar-refractivity contribution in [3.63, 3.8) is 0 Å². The van der Waals surface area contributed by atoms with Gasteiger partial charge in [-0.25, -0.2) is 0 Å². The van der Waals surface area contributed by atoms with Crippen molar-refractivity contribution in [1.29, 1.82) is 0 Å². The minimum atomic E-state index is -0.344. The van der Waals surface area contributed by atoms with Gasteiger partial charge in [-0.05, 0) is 63.3 Å². The van der Waals surface area contributed by atoms with Gasteiger partial charge in [0.2, 0.25) is 5.65 Å². The summed E-state index contributed by atoms with van der Waals surface area (Å²) in [5, 5.41) is 9.68. The number of aromatic nitrogens is 3. The molecule has 29 heavy (non-hydrogen) atoms. The van der Waals surface area contributed by atoms with E-state index in [2.05, 4.69) is 10.2 Å². The van der Waals surface area contributed by atoms with Gasteiger partial charge in [0.1, 0.15) is 17.2 Å². The minimum Gasteiger partial charge on any atom is -0.459 e. The smallest absolute Gasteiger partial charge is 0.303 e. The lowest BCUT2D eigenvalue weighted by Gasteiger charge is -2.26. The number of hydrogen-bond donors (Lipinski definition) is 0. The molecular weight excluding hydrogens is 390 g/mol. The van der Waals surface area contributed by atoms with Gasteiger partial charge in [-0.15, -0.1) is 10.2 Å². The molecule has 2 aliphatic carbocycles. The Morgan fingerprint density at radius 2 is 1.86 bits per heavy atom. The van der Waals surface area contributed by atoms with Crippen LogP contribution in [-0.2, 0) is 14.9 Å². The molecule has 7 heteroatoms. The fraction of sp³-hybridized carbons (Fsp3) is 0.409. The Bertz CT molecular complexity index is 1120. The van der Waals surface area contributed by atoms with Crippen LogP contribution in [0.15, 0.2) is 36.5 Å². The third-order valence-electron chi connectivity index (χ3n) is 6.45. The van der Waals surface area contributed by atoms with Gasteiger partial charge in [-0.3, -0.25) is 9.20 Å². The Hall–Kier alpha value is -2.60. The summed E-state index contributed by atoms with van der Waals surface area (Å²) in [7, 11) is 0. The highest BCUT2D eigenvalue weighted by Gasteiger charge is 2.59. The third-order valence-corrected chi connectivity index (χ3v) is 6.86. The summed E-state index contributed by atoms with van der Waals surface area (Å²) in [6, 6.07) is 9.42. The van der Waals surface area contributed by atoms with E-state index in [9.17, 15) is 4.79 Å². The topological polar surface area (TPSA) is 65.7 Å². The number of ether oxygens (including phenoxy) is 2. The monoisotopic (exact) mass is 411 g/mol. The number of rotatable bonds is 4. The van der Waals surface area contributed by atoms with Gasteiger partial charge in [0.25, 0.3) is 0 Å². The second kappa shape index (κ2) is 6.46. The van der Waals surface area contributed by atoms with Crippen molar-refractivity contribution in [2.24, 2.45) is 0 Å². The molecule has 0 saturated heterocycles. The maximum absolute atomic E-state index is 11.6. The van der Waals surface area contributed by atoms with Gasteiger partial charge in [0.15, 0.2) is 5.75 Å². The standard InChI is InChI=1S/C22H22ClN3O3/c1-14-16(23)5-3-6-17(14)28-18-7-4-12-26-19(18)24-25-20(26)21-8-10-22(13-21,11-9-21)29-15(2)27/h3-7,12H,8-11,13H2,1-2H3. The molecule has 0 atom stereocenters. The number of carbonyl (C=O) groups excluding carboxylic acids is 1. The van der Waals surface area contributed by atoms with Crippen LogP contribution in [0.25, 0.3) is 5.65 Å². The van der Waals surface area contributed by atoms with Crippen LogP contribution in [0.1, 0.15) is 50.4 Å². The highest BCUT2D eigenvalue weighted by molar-refractivity contribution is 6.31. The van der Waals surface area contributed by atoms with Crippen molar-refractivity contribution in [2.45, 2.75) is 57.0 Å². The molecule has 0 unspecified atom stereocenters. The lowest BCUT2D eigenvalue weighted by molar-refractivity contribution is -0.155. The van der Waals surface area contributed by atoms with Crippen LogP contribution in [0.2, 0.25) is 5.02 Å². The summed E-state index contributed by atoms with van der Waals surface area (Å²) >= 11 is 6.23. The first kappa shape index (κ1) is 18.4. The maximum Gasteiger partial charge on any atom is 0.303 e. The fourth-order valence-electron chi connectivity index (χ4n) is 5.05. The Morgan fingerprint density at radius 3 is 2.62 bits per heavy atom. The number of nitrogens with zero attached hydrogens (tertiary/aromatic N) is 3. The molecule has 0 aliphatic heterocycles. The molecule has 150 valence electrons. The number of hydrogen-bond acceptors (Lipinski definition) is 5. The summed E-state index contributed by atoms with van der Waals surface area (Å²) in [6.07, 6.45) is 6.41. The van der Waals surface area contributed by atoms with E-state index in [1.165, 1.54) is 6.92 Å². The molecule has 3 aromatic rings. The van der Waals surface area contributed by atoms with Crippen LogP contribution in [0.3, 0.4) is 0 Å². The quantitative estimate of drug-likeness (QED) is 0.565. The molecule has 2 aliphatic rings. The van der Waals surface area contributed by atoms with E-state index in [0.29, 0.717) is 22.2 Å². The van der Waals surface area contributed by atoms with E-state index in [-0.39, 0.29) is 17.0 Å². The van der Waals surface area contributed by atoms with Gasteiger partial charge < -0.3 is 9.47 Å². The second-order valence-electron chi connectivity index (χ2n) is 8.29. The largest absolute Gasteiger partial charge is 0.459 e. The molecule has 2 fully saturated rings. The van der Waals surface area contributed by atoms with Crippen molar-refractivity contribution in [1.82, 2.24) is 14.6 Å². The van der Waals surface area contributed by atoms with Gasteiger partial charge in [-0.2, -0.15) is 0 Å². The van der Waals surface area contributed by atoms with E-state index < -0.39 is 0 Å². The number of esters is 1. The summed E-state index contributed by atoms with van der Waals surface area (Å²) < 4.78 is 13.9. The summed E-state index contributed by atoms with van der Waals surface area (Å²) in [6.45, 7) is 3.42. The van der Waals surface area contributed by atoms with Crippen molar-refractivity contribution in [3.8, 4) is 11.5 Å². The molecule has 0 radical (unpaired) electrons. The first-order valence-corrected chi connectivity index (χ1v) is 10.3. The SMILES string of the molecule is CC(=O)OC12CCC(c3nnc4c(Oc5cccc(Cl)c5C)cccn34)(CC1)C2. The predicted molar refractivity (Wildman–Crippen MR) is 109 cm³/mol. The molecule has 0 N–H and O–H groups in total. The van der Waals surface area contributed by atoms with Crippen LogP contribution in [0.4, 0.5) is 0 Å². The molecule has 5 rings (SSSR count).